The minimum absolute atomic E-state index is 0.0250. The van der Waals surface area contributed by atoms with Gasteiger partial charge in [0.25, 0.3) is 0 Å². The molecule has 0 aliphatic carbocycles. The van der Waals surface area contributed by atoms with Gasteiger partial charge in [-0.3, -0.25) is 14.5 Å². The Balaban J connectivity index is 1.63. The van der Waals surface area contributed by atoms with Crippen molar-refractivity contribution in [3.05, 3.63) is 23.8 Å². The van der Waals surface area contributed by atoms with Crippen LogP contribution in [0.1, 0.15) is 39.2 Å². The number of urea groups is 1. The largest absolute Gasteiger partial charge is 0.454 e. The number of ether oxygens (including phenoxy) is 2. The lowest BCUT2D eigenvalue weighted by Gasteiger charge is -2.39. The third-order valence-corrected chi connectivity index (χ3v) is 5.08. The first-order chi connectivity index (χ1) is 12.9. The monoisotopic (exact) mass is 375 g/mol. The lowest BCUT2D eigenvalue weighted by molar-refractivity contribution is -0.139. The molecule has 3 rings (SSSR count). The Morgan fingerprint density at radius 1 is 1.22 bits per heavy atom. The third-order valence-electron chi connectivity index (χ3n) is 5.08. The Morgan fingerprint density at radius 3 is 2.70 bits per heavy atom. The Kier molecular flexibility index (Phi) is 5.53. The smallest absolute Gasteiger partial charge is 0.327 e. The van der Waals surface area contributed by atoms with Gasteiger partial charge in [0, 0.05) is 25.6 Å². The Hall–Kier alpha value is -2.77. The van der Waals surface area contributed by atoms with Crippen molar-refractivity contribution >= 4 is 17.8 Å². The average Bonchev–Trinajstić information content (AvgIpc) is 3.13. The van der Waals surface area contributed by atoms with Crippen molar-refractivity contribution in [2.24, 2.45) is 0 Å². The van der Waals surface area contributed by atoms with Gasteiger partial charge in [-0.25, -0.2) is 4.79 Å². The topological polar surface area (TPSA) is 88.2 Å². The first-order valence-corrected chi connectivity index (χ1v) is 9.21. The van der Waals surface area contributed by atoms with Crippen LogP contribution in [0.4, 0.5) is 4.79 Å². The lowest BCUT2D eigenvalue weighted by Crippen LogP contribution is -2.60. The van der Waals surface area contributed by atoms with Crippen molar-refractivity contribution in [3.63, 3.8) is 0 Å². The van der Waals surface area contributed by atoms with E-state index in [2.05, 4.69) is 5.32 Å². The molecule has 1 saturated heterocycles. The summed E-state index contributed by atoms with van der Waals surface area (Å²) < 4.78 is 10.6. The zero-order valence-corrected chi connectivity index (χ0v) is 15.9. The van der Waals surface area contributed by atoms with Gasteiger partial charge in [-0.15, -0.1) is 0 Å². The summed E-state index contributed by atoms with van der Waals surface area (Å²) in [5.41, 5.74) is 0.845. The molecule has 2 atom stereocenters. The molecule has 0 aromatic heterocycles. The van der Waals surface area contributed by atoms with Gasteiger partial charge in [-0.2, -0.15) is 0 Å². The van der Waals surface area contributed by atoms with Crippen molar-refractivity contribution in [2.75, 3.05) is 13.3 Å². The first-order valence-electron chi connectivity index (χ1n) is 9.21. The average molecular weight is 375 g/mol. The fourth-order valence-corrected chi connectivity index (χ4v) is 3.19. The van der Waals surface area contributed by atoms with Gasteiger partial charge in [-0.05, 0) is 38.0 Å². The van der Waals surface area contributed by atoms with E-state index in [0.717, 1.165) is 16.9 Å². The van der Waals surface area contributed by atoms with Gasteiger partial charge < -0.3 is 19.7 Å². The predicted molar refractivity (Wildman–Crippen MR) is 97.2 cm³/mol. The van der Waals surface area contributed by atoms with Crippen molar-refractivity contribution in [1.29, 1.82) is 0 Å². The zero-order chi connectivity index (χ0) is 19.6. The van der Waals surface area contributed by atoms with Crippen molar-refractivity contribution in [3.8, 4) is 11.5 Å². The molecule has 1 fully saturated rings. The van der Waals surface area contributed by atoms with E-state index in [1.165, 1.54) is 0 Å². The van der Waals surface area contributed by atoms with E-state index < -0.39 is 12.1 Å². The number of nitrogens with one attached hydrogen (secondary N) is 1. The van der Waals surface area contributed by atoms with E-state index in [9.17, 15) is 14.4 Å². The van der Waals surface area contributed by atoms with Crippen LogP contribution in [0, 0.1) is 0 Å². The van der Waals surface area contributed by atoms with Crippen LogP contribution in [0.25, 0.3) is 0 Å². The van der Waals surface area contributed by atoms with E-state index in [4.69, 9.17) is 9.47 Å². The molecular weight excluding hydrogens is 350 g/mol. The molecule has 0 spiro atoms. The number of hydrogen-bond acceptors (Lipinski definition) is 5. The van der Waals surface area contributed by atoms with E-state index in [1.807, 2.05) is 19.9 Å². The summed E-state index contributed by atoms with van der Waals surface area (Å²) in [5, 5.41) is 2.79. The maximum Gasteiger partial charge on any atom is 0.327 e. The Labute approximate surface area is 158 Å². The van der Waals surface area contributed by atoms with E-state index in [0.29, 0.717) is 18.0 Å². The second kappa shape index (κ2) is 7.85. The fourth-order valence-electron chi connectivity index (χ4n) is 3.19. The molecule has 8 nitrogen and oxygen atoms in total. The van der Waals surface area contributed by atoms with Gasteiger partial charge in [0.05, 0.1) is 0 Å². The summed E-state index contributed by atoms with van der Waals surface area (Å²) in [4.78, 5) is 40.3. The summed E-state index contributed by atoms with van der Waals surface area (Å²) in [6.45, 7) is 6.36. The summed E-state index contributed by atoms with van der Waals surface area (Å²) in [6.07, 6.45) is 1.02. The molecule has 1 aromatic rings. The maximum atomic E-state index is 12.7. The number of hydrogen-bond donors (Lipinski definition) is 1. The van der Waals surface area contributed by atoms with Crippen LogP contribution in [0.2, 0.25) is 0 Å². The summed E-state index contributed by atoms with van der Waals surface area (Å²) in [5.74, 6) is 0.624. The Bertz CT molecular complexity index is 751. The molecule has 8 heteroatoms. The van der Waals surface area contributed by atoms with Crippen LogP contribution >= 0.6 is 0 Å². The van der Waals surface area contributed by atoms with Crippen LogP contribution in [0.15, 0.2) is 18.2 Å². The van der Waals surface area contributed by atoms with Gasteiger partial charge in [0.1, 0.15) is 6.04 Å². The number of fused-ring (bicyclic) bond motifs is 1. The van der Waals surface area contributed by atoms with Gasteiger partial charge in [-0.1, -0.05) is 13.0 Å². The van der Waals surface area contributed by atoms with Crippen LogP contribution in [0.3, 0.4) is 0 Å². The first kappa shape index (κ1) is 19.0. The van der Waals surface area contributed by atoms with Crippen LogP contribution in [-0.2, 0) is 16.1 Å². The number of benzene rings is 1. The summed E-state index contributed by atoms with van der Waals surface area (Å²) >= 11 is 0. The molecule has 0 bridgehead atoms. The van der Waals surface area contributed by atoms with Crippen molar-refractivity contribution in [2.45, 2.75) is 52.2 Å². The minimum atomic E-state index is -0.870. The SMILES string of the molecule is CC[C@H](C)N1CCC(=O)N([C@H](C)C(=O)NCc2ccc3c(c2)OCO3)C1=O. The minimum Gasteiger partial charge on any atom is -0.454 e. The molecule has 0 saturated carbocycles. The number of carbonyl (C=O) groups excluding carboxylic acids is 3. The molecule has 27 heavy (non-hydrogen) atoms. The molecule has 0 unspecified atom stereocenters. The normalized spacial score (nSPS) is 18.5. The highest BCUT2D eigenvalue weighted by molar-refractivity contribution is 6.01. The van der Waals surface area contributed by atoms with Crippen molar-refractivity contribution in [1.82, 2.24) is 15.1 Å². The highest BCUT2D eigenvalue weighted by Crippen LogP contribution is 2.32. The summed E-state index contributed by atoms with van der Waals surface area (Å²) in [6, 6.07) is 4.18. The number of imide groups is 1. The molecule has 1 N–H and O–H groups in total. The van der Waals surface area contributed by atoms with E-state index in [-0.39, 0.29) is 37.6 Å². The lowest BCUT2D eigenvalue weighted by atomic mass is 10.1. The van der Waals surface area contributed by atoms with Gasteiger partial charge >= 0.3 is 6.03 Å². The maximum absolute atomic E-state index is 12.7. The molecule has 146 valence electrons. The van der Waals surface area contributed by atoms with Crippen LogP contribution in [-0.4, -0.2) is 53.1 Å². The van der Waals surface area contributed by atoms with Crippen LogP contribution < -0.4 is 14.8 Å². The highest BCUT2D eigenvalue weighted by atomic mass is 16.7. The van der Waals surface area contributed by atoms with Crippen LogP contribution in [0.5, 0.6) is 11.5 Å². The second-order valence-corrected chi connectivity index (χ2v) is 6.83. The second-order valence-electron chi connectivity index (χ2n) is 6.83. The van der Waals surface area contributed by atoms with Gasteiger partial charge in [0.2, 0.25) is 18.6 Å². The standard InChI is InChI=1S/C19H25N3O5/c1-4-12(2)21-8-7-17(23)22(19(21)25)13(3)18(24)20-10-14-5-6-15-16(9-14)27-11-26-15/h5-6,9,12-13H,4,7-8,10-11H2,1-3H3,(H,20,24)/t12-,13+/m0/s1. The van der Waals surface area contributed by atoms with E-state index in [1.54, 1.807) is 24.0 Å². The number of nitrogens with zero attached hydrogens (tertiary/aromatic N) is 2. The molecule has 1 aromatic carbocycles. The summed E-state index contributed by atoms with van der Waals surface area (Å²) in [7, 11) is 0. The number of amides is 4. The predicted octanol–water partition coefficient (Wildman–Crippen LogP) is 1.87. The third kappa shape index (κ3) is 3.84. The van der Waals surface area contributed by atoms with Crippen molar-refractivity contribution < 1.29 is 23.9 Å². The van der Waals surface area contributed by atoms with E-state index >= 15 is 0 Å². The van der Waals surface area contributed by atoms with Gasteiger partial charge in [0.15, 0.2) is 11.5 Å². The number of carbonyl (C=O) groups is 3. The fraction of sp³-hybridized carbons (Fsp3) is 0.526. The number of rotatable bonds is 6. The quantitative estimate of drug-likeness (QED) is 0.820. The highest BCUT2D eigenvalue weighted by Gasteiger charge is 2.39. The zero-order valence-electron chi connectivity index (χ0n) is 15.9. The molecule has 0 radical (unpaired) electrons. The molecule has 2 aliphatic heterocycles. The Morgan fingerprint density at radius 2 is 1.96 bits per heavy atom. The molecule has 4 amide bonds. The molecule has 2 heterocycles. The molecular formula is C19H25N3O5. The molecule has 2 aliphatic rings.